The first kappa shape index (κ1) is 19.3. The van der Waals surface area contributed by atoms with Gasteiger partial charge in [-0.25, -0.2) is 0 Å². The van der Waals surface area contributed by atoms with E-state index in [1.165, 1.54) is 0 Å². The maximum absolute atomic E-state index is 6.32. The maximum atomic E-state index is 6.32. The minimum absolute atomic E-state index is 0.0736. The summed E-state index contributed by atoms with van der Waals surface area (Å²) in [5.74, 6) is 1.45. The maximum Gasteiger partial charge on any atom is 0.161 e. The lowest BCUT2D eigenvalue weighted by atomic mass is 9.96. The summed E-state index contributed by atoms with van der Waals surface area (Å²) in [6, 6.07) is 12.0. The summed E-state index contributed by atoms with van der Waals surface area (Å²) >= 11 is 12.5. The Morgan fingerprint density at radius 1 is 0.885 bits per heavy atom. The normalized spacial score (nSPS) is 16.8. The Kier molecular flexibility index (Phi) is 6.65. The van der Waals surface area contributed by atoms with Crippen LogP contribution < -0.4 is 14.8 Å². The molecule has 4 nitrogen and oxygen atoms in total. The third kappa shape index (κ3) is 4.26. The average molecular weight is 395 g/mol. The molecule has 1 fully saturated rings. The van der Waals surface area contributed by atoms with Gasteiger partial charge in [0.05, 0.1) is 30.3 Å². The Morgan fingerprint density at radius 2 is 1.62 bits per heavy atom. The number of nitrogens with zero attached hydrogens (tertiary/aromatic N) is 1. The summed E-state index contributed by atoms with van der Waals surface area (Å²) in [4.78, 5) is 2.47. The molecule has 0 aromatic heterocycles. The minimum Gasteiger partial charge on any atom is -0.493 e. The lowest BCUT2D eigenvalue weighted by molar-refractivity contribution is 0.240. The van der Waals surface area contributed by atoms with E-state index in [9.17, 15) is 0 Å². The third-order valence-corrected chi connectivity index (χ3v) is 5.46. The fourth-order valence-corrected chi connectivity index (χ4v) is 3.75. The Labute approximate surface area is 165 Å². The van der Waals surface area contributed by atoms with Crippen LogP contribution in [0.2, 0.25) is 10.0 Å². The molecule has 1 aliphatic heterocycles. The van der Waals surface area contributed by atoms with E-state index in [0.717, 1.165) is 55.2 Å². The smallest absolute Gasteiger partial charge is 0.161 e. The summed E-state index contributed by atoms with van der Waals surface area (Å²) in [5.41, 5.74) is 2.26. The monoisotopic (exact) mass is 394 g/mol. The van der Waals surface area contributed by atoms with Crippen LogP contribution >= 0.6 is 23.2 Å². The number of rotatable bonds is 5. The number of hydrogen-bond donors (Lipinski definition) is 1. The second kappa shape index (κ2) is 8.96. The average Bonchev–Trinajstić information content (AvgIpc) is 2.94. The van der Waals surface area contributed by atoms with Gasteiger partial charge in [0.15, 0.2) is 11.5 Å². The van der Waals surface area contributed by atoms with E-state index < -0.39 is 0 Å². The first-order valence-corrected chi connectivity index (χ1v) is 9.51. The number of benzene rings is 2. The number of nitrogens with one attached hydrogen (secondary N) is 1. The molecule has 26 heavy (non-hydrogen) atoms. The van der Waals surface area contributed by atoms with Gasteiger partial charge in [0.2, 0.25) is 0 Å². The molecule has 1 unspecified atom stereocenters. The van der Waals surface area contributed by atoms with Crippen molar-refractivity contribution in [3.63, 3.8) is 0 Å². The highest BCUT2D eigenvalue weighted by molar-refractivity contribution is 6.42. The molecule has 6 heteroatoms. The fourth-order valence-electron chi connectivity index (χ4n) is 3.44. The SMILES string of the molecule is COc1ccc(C(c2ccc(Cl)c(Cl)c2)N2CCCNCC2)cc1OC. The lowest BCUT2D eigenvalue weighted by Gasteiger charge is -2.32. The minimum atomic E-state index is 0.0736. The highest BCUT2D eigenvalue weighted by Crippen LogP contribution is 2.37. The second-order valence-electron chi connectivity index (χ2n) is 6.33. The summed E-state index contributed by atoms with van der Waals surface area (Å²) < 4.78 is 10.9. The number of methoxy groups -OCH3 is 2. The van der Waals surface area contributed by atoms with Gasteiger partial charge in [-0.15, -0.1) is 0 Å². The van der Waals surface area contributed by atoms with E-state index in [1.807, 2.05) is 30.3 Å². The predicted octanol–water partition coefficient (Wildman–Crippen LogP) is 4.40. The van der Waals surface area contributed by atoms with E-state index in [0.29, 0.717) is 10.0 Å². The molecule has 2 aromatic rings. The van der Waals surface area contributed by atoms with Crippen LogP contribution in [0, 0.1) is 0 Å². The molecule has 0 radical (unpaired) electrons. The molecule has 2 aromatic carbocycles. The van der Waals surface area contributed by atoms with Crippen molar-refractivity contribution in [2.75, 3.05) is 40.4 Å². The van der Waals surface area contributed by atoms with Crippen LogP contribution in [-0.4, -0.2) is 45.3 Å². The molecular weight excluding hydrogens is 371 g/mol. The van der Waals surface area contributed by atoms with Gasteiger partial charge >= 0.3 is 0 Å². The number of halogens is 2. The van der Waals surface area contributed by atoms with Gasteiger partial charge in [0, 0.05) is 19.6 Å². The molecule has 1 aliphatic rings. The molecule has 140 valence electrons. The van der Waals surface area contributed by atoms with Crippen LogP contribution in [0.25, 0.3) is 0 Å². The highest BCUT2D eigenvalue weighted by Gasteiger charge is 2.25. The molecular formula is C20H24Cl2N2O2. The van der Waals surface area contributed by atoms with Crippen molar-refractivity contribution < 1.29 is 9.47 Å². The molecule has 0 amide bonds. The van der Waals surface area contributed by atoms with Crippen LogP contribution in [-0.2, 0) is 0 Å². The first-order valence-electron chi connectivity index (χ1n) is 8.75. The van der Waals surface area contributed by atoms with E-state index >= 15 is 0 Å². The van der Waals surface area contributed by atoms with Crippen LogP contribution in [0.4, 0.5) is 0 Å². The summed E-state index contributed by atoms with van der Waals surface area (Å²) in [6.07, 6.45) is 1.10. The van der Waals surface area contributed by atoms with Crippen LogP contribution in [0.3, 0.4) is 0 Å². The molecule has 1 heterocycles. The van der Waals surface area contributed by atoms with Crippen LogP contribution in [0.1, 0.15) is 23.6 Å². The van der Waals surface area contributed by atoms with Gasteiger partial charge in [0.1, 0.15) is 0 Å². The first-order chi connectivity index (χ1) is 12.6. The highest BCUT2D eigenvalue weighted by atomic mass is 35.5. The molecule has 0 aliphatic carbocycles. The third-order valence-electron chi connectivity index (χ3n) is 4.72. The molecule has 3 rings (SSSR count). The molecule has 1 atom stereocenters. The predicted molar refractivity (Wildman–Crippen MR) is 107 cm³/mol. The Bertz CT molecular complexity index is 747. The topological polar surface area (TPSA) is 33.7 Å². The van der Waals surface area contributed by atoms with E-state index in [4.69, 9.17) is 32.7 Å². The van der Waals surface area contributed by atoms with Crippen molar-refractivity contribution in [3.8, 4) is 11.5 Å². The molecule has 0 spiro atoms. The summed E-state index contributed by atoms with van der Waals surface area (Å²) in [6.45, 7) is 3.97. The molecule has 0 saturated carbocycles. The van der Waals surface area contributed by atoms with Crippen molar-refractivity contribution in [2.24, 2.45) is 0 Å². The summed E-state index contributed by atoms with van der Waals surface area (Å²) in [7, 11) is 3.31. The standard InChI is InChI=1S/C20H24Cl2N2O2/c1-25-18-7-5-15(13-19(18)26-2)20(24-10-3-8-23-9-11-24)14-4-6-16(21)17(22)12-14/h4-7,12-13,20,23H,3,8-11H2,1-2H3. The van der Waals surface area contributed by atoms with E-state index in [-0.39, 0.29) is 6.04 Å². The largest absolute Gasteiger partial charge is 0.493 e. The van der Waals surface area contributed by atoms with Crippen LogP contribution in [0.5, 0.6) is 11.5 Å². The second-order valence-corrected chi connectivity index (χ2v) is 7.14. The zero-order chi connectivity index (χ0) is 18.5. The van der Waals surface area contributed by atoms with E-state index in [2.05, 4.69) is 16.3 Å². The quantitative estimate of drug-likeness (QED) is 0.814. The van der Waals surface area contributed by atoms with Gasteiger partial charge in [-0.3, -0.25) is 4.90 Å². The zero-order valence-electron chi connectivity index (χ0n) is 15.1. The lowest BCUT2D eigenvalue weighted by Crippen LogP contribution is -2.33. The Balaban J connectivity index is 2.06. The molecule has 1 N–H and O–H groups in total. The number of hydrogen-bond acceptors (Lipinski definition) is 4. The summed E-state index contributed by atoms with van der Waals surface area (Å²) in [5, 5.41) is 4.60. The fraction of sp³-hybridized carbons (Fsp3) is 0.400. The molecule has 0 bridgehead atoms. The van der Waals surface area contributed by atoms with Crippen molar-refractivity contribution in [3.05, 3.63) is 57.6 Å². The Hall–Kier alpha value is -1.46. The van der Waals surface area contributed by atoms with Gasteiger partial charge in [-0.2, -0.15) is 0 Å². The van der Waals surface area contributed by atoms with Gasteiger partial charge < -0.3 is 14.8 Å². The van der Waals surface area contributed by atoms with Gasteiger partial charge in [-0.1, -0.05) is 35.3 Å². The van der Waals surface area contributed by atoms with Gasteiger partial charge in [0.25, 0.3) is 0 Å². The Morgan fingerprint density at radius 3 is 2.35 bits per heavy atom. The van der Waals surface area contributed by atoms with E-state index in [1.54, 1.807) is 14.2 Å². The molecule has 1 saturated heterocycles. The van der Waals surface area contributed by atoms with Crippen molar-refractivity contribution in [2.45, 2.75) is 12.5 Å². The van der Waals surface area contributed by atoms with Crippen LogP contribution in [0.15, 0.2) is 36.4 Å². The van der Waals surface area contributed by atoms with Gasteiger partial charge in [-0.05, 0) is 48.4 Å². The van der Waals surface area contributed by atoms with Crippen molar-refractivity contribution in [1.82, 2.24) is 10.2 Å². The van der Waals surface area contributed by atoms with Crippen molar-refractivity contribution in [1.29, 1.82) is 0 Å². The zero-order valence-corrected chi connectivity index (χ0v) is 16.6. The van der Waals surface area contributed by atoms with Crippen molar-refractivity contribution >= 4 is 23.2 Å². The number of ether oxygens (including phenoxy) is 2.